The Hall–Kier alpha value is -3.64. The highest BCUT2D eigenvalue weighted by atomic mass is 19.1. The van der Waals surface area contributed by atoms with Crippen LogP contribution in [0.25, 0.3) is 22.0 Å². The highest BCUT2D eigenvalue weighted by molar-refractivity contribution is 6.06. The van der Waals surface area contributed by atoms with Crippen molar-refractivity contribution in [2.75, 3.05) is 18.4 Å². The summed E-state index contributed by atoms with van der Waals surface area (Å²) in [4.78, 5) is 20.0. The molecule has 3 aromatic carbocycles. The molecule has 1 amide bonds. The van der Waals surface area contributed by atoms with Gasteiger partial charge in [-0.1, -0.05) is 18.2 Å². The quantitative estimate of drug-likeness (QED) is 0.381. The molecule has 1 aliphatic rings. The number of pyridine rings is 1. The Labute approximate surface area is 197 Å². The third-order valence-corrected chi connectivity index (χ3v) is 6.40. The zero-order chi connectivity index (χ0) is 23.7. The van der Waals surface area contributed by atoms with Crippen molar-refractivity contribution in [3.05, 3.63) is 95.2 Å². The predicted molar refractivity (Wildman–Crippen MR) is 131 cm³/mol. The molecular weight excluding hydrogens is 432 g/mol. The van der Waals surface area contributed by atoms with Gasteiger partial charge < -0.3 is 5.32 Å². The van der Waals surface area contributed by atoms with Crippen molar-refractivity contribution in [1.29, 1.82) is 0 Å². The summed E-state index contributed by atoms with van der Waals surface area (Å²) >= 11 is 0. The molecule has 1 saturated heterocycles. The van der Waals surface area contributed by atoms with Crippen LogP contribution >= 0.6 is 0 Å². The Morgan fingerprint density at radius 3 is 2.50 bits per heavy atom. The van der Waals surface area contributed by atoms with Gasteiger partial charge in [0.05, 0.1) is 5.52 Å². The van der Waals surface area contributed by atoms with Gasteiger partial charge in [-0.05, 0) is 85.9 Å². The minimum absolute atomic E-state index is 0.265. The lowest BCUT2D eigenvalue weighted by Crippen LogP contribution is -2.18. The average molecular weight is 458 g/mol. The standard InChI is InChI=1S/C28H25F2N3O/c1-18-26(11-8-22-14-19(16-31-27(18)22)17-33-12-2-3-13-33)32-28(34)21-6-4-20(5-7-21)24-10-9-23(29)15-25(24)30/h4-11,14-16H,2-3,12-13,17H2,1H3,(H,32,34). The van der Waals surface area contributed by atoms with E-state index >= 15 is 0 Å². The van der Waals surface area contributed by atoms with Crippen molar-refractivity contribution in [2.45, 2.75) is 26.3 Å². The zero-order valence-corrected chi connectivity index (χ0v) is 18.9. The molecule has 1 aromatic heterocycles. The smallest absolute Gasteiger partial charge is 0.255 e. The van der Waals surface area contributed by atoms with E-state index in [4.69, 9.17) is 0 Å². The van der Waals surface area contributed by atoms with Crippen LogP contribution < -0.4 is 5.32 Å². The van der Waals surface area contributed by atoms with Gasteiger partial charge in [-0.3, -0.25) is 14.7 Å². The lowest BCUT2D eigenvalue weighted by molar-refractivity contribution is 0.102. The van der Waals surface area contributed by atoms with Gasteiger partial charge in [0.15, 0.2) is 0 Å². The molecule has 1 aliphatic heterocycles. The van der Waals surface area contributed by atoms with Crippen LogP contribution in [0.3, 0.4) is 0 Å². The first-order valence-electron chi connectivity index (χ1n) is 11.5. The molecule has 2 heterocycles. The average Bonchev–Trinajstić information content (AvgIpc) is 3.34. The number of likely N-dealkylation sites (tertiary alicyclic amines) is 1. The number of hydrogen-bond donors (Lipinski definition) is 1. The van der Waals surface area contributed by atoms with Gasteiger partial charge >= 0.3 is 0 Å². The number of halogens is 2. The fourth-order valence-corrected chi connectivity index (χ4v) is 4.53. The van der Waals surface area contributed by atoms with Gasteiger partial charge in [-0.15, -0.1) is 0 Å². The molecule has 0 saturated carbocycles. The lowest BCUT2D eigenvalue weighted by Gasteiger charge is -2.15. The fourth-order valence-electron chi connectivity index (χ4n) is 4.53. The molecule has 1 fully saturated rings. The number of nitrogens with one attached hydrogen (secondary N) is 1. The number of aryl methyl sites for hydroxylation is 1. The topological polar surface area (TPSA) is 45.2 Å². The molecule has 4 aromatic rings. The molecule has 1 N–H and O–H groups in total. The monoisotopic (exact) mass is 457 g/mol. The van der Waals surface area contributed by atoms with E-state index < -0.39 is 11.6 Å². The molecule has 4 nitrogen and oxygen atoms in total. The van der Waals surface area contributed by atoms with Crippen LogP contribution in [0.5, 0.6) is 0 Å². The molecule has 5 rings (SSSR count). The molecule has 0 radical (unpaired) electrons. The van der Waals surface area contributed by atoms with E-state index in [2.05, 4.69) is 21.3 Å². The number of carbonyl (C=O) groups is 1. The highest BCUT2D eigenvalue weighted by Gasteiger charge is 2.14. The molecule has 172 valence electrons. The SMILES string of the molecule is Cc1c(NC(=O)c2ccc(-c3ccc(F)cc3F)cc2)ccc2cc(CN3CCCC3)cnc12. The molecule has 0 unspecified atom stereocenters. The molecule has 0 spiro atoms. The van der Waals surface area contributed by atoms with Gasteiger partial charge in [-0.2, -0.15) is 0 Å². The first-order valence-corrected chi connectivity index (χ1v) is 11.5. The normalized spacial score (nSPS) is 14.0. The van der Waals surface area contributed by atoms with Crippen LogP contribution in [-0.2, 0) is 6.54 Å². The largest absolute Gasteiger partial charge is 0.322 e. The van der Waals surface area contributed by atoms with Crippen LogP contribution in [0, 0.1) is 18.6 Å². The number of rotatable bonds is 5. The highest BCUT2D eigenvalue weighted by Crippen LogP contribution is 2.27. The third-order valence-electron chi connectivity index (χ3n) is 6.40. The van der Waals surface area contributed by atoms with Gasteiger partial charge in [0.25, 0.3) is 5.91 Å². The molecule has 0 aliphatic carbocycles. The van der Waals surface area contributed by atoms with Crippen molar-refractivity contribution in [3.63, 3.8) is 0 Å². The maximum absolute atomic E-state index is 14.1. The minimum atomic E-state index is -0.639. The van der Waals surface area contributed by atoms with E-state index in [9.17, 15) is 13.6 Å². The first-order chi connectivity index (χ1) is 16.5. The second kappa shape index (κ2) is 9.31. The zero-order valence-electron chi connectivity index (χ0n) is 18.9. The Kier molecular flexibility index (Phi) is 6.07. The van der Waals surface area contributed by atoms with Gasteiger partial charge in [-0.25, -0.2) is 8.78 Å². The van der Waals surface area contributed by atoms with E-state index in [0.717, 1.165) is 42.2 Å². The van der Waals surface area contributed by atoms with E-state index in [-0.39, 0.29) is 11.5 Å². The van der Waals surface area contributed by atoms with Crippen molar-refractivity contribution >= 4 is 22.5 Å². The number of nitrogens with zero attached hydrogens (tertiary/aromatic N) is 2. The number of fused-ring (bicyclic) bond motifs is 1. The molecule has 6 heteroatoms. The third kappa shape index (κ3) is 4.54. The van der Waals surface area contributed by atoms with Gasteiger partial charge in [0, 0.05) is 41.0 Å². The molecular formula is C28H25F2N3O. The summed E-state index contributed by atoms with van der Waals surface area (Å²) in [6.07, 6.45) is 4.44. The summed E-state index contributed by atoms with van der Waals surface area (Å²) in [6, 6.07) is 16.1. The molecule has 0 atom stereocenters. The van der Waals surface area contributed by atoms with Crippen LogP contribution in [-0.4, -0.2) is 28.9 Å². The number of hydrogen-bond acceptors (Lipinski definition) is 3. The van der Waals surface area contributed by atoms with Crippen LogP contribution in [0.4, 0.5) is 14.5 Å². The number of benzene rings is 3. The van der Waals surface area contributed by atoms with Gasteiger partial charge in [0.2, 0.25) is 0 Å². The fraction of sp³-hybridized carbons (Fsp3) is 0.214. The predicted octanol–water partition coefficient (Wildman–Crippen LogP) is 6.34. The van der Waals surface area contributed by atoms with Crippen LogP contribution in [0.2, 0.25) is 0 Å². The van der Waals surface area contributed by atoms with E-state index in [1.54, 1.807) is 24.3 Å². The first kappa shape index (κ1) is 22.2. The van der Waals surface area contributed by atoms with Gasteiger partial charge in [0.1, 0.15) is 11.6 Å². The minimum Gasteiger partial charge on any atom is -0.322 e. The van der Waals surface area contributed by atoms with Crippen molar-refractivity contribution in [3.8, 4) is 11.1 Å². The van der Waals surface area contributed by atoms with Crippen molar-refractivity contribution < 1.29 is 13.6 Å². The Morgan fingerprint density at radius 1 is 1.00 bits per heavy atom. The molecule has 34 heavy (non-hydrogen) atoms. The van der Waals surface area contributed by atoms with Crippen LogP contribution in [0.1, 0.15) is 34.3 Å². The summed E-state index contributed by atoms with van der Waals surface area (Å²) < 4.78 is 27.2. The second-order valence-electron chi connectivity index (χ2n) is 8.79. The maximum atomic E-state index is 14.1. The number of amides is 1. The summed E-state index contributed by atoms with van der Waals surface area (Å²) in [7, 11) is 0. The Balaban J connectivity index is 1.33. The van der Waals surface area contributed by atoms with Crippen LogP contribution in [0.15, 0.2) is 66.9 Å². The summed E-state index contributed by atoms with van der Waals surface area (Å²) in [6.45, 7) is 5.15. The summed E-state index contributed by atoms with van der Waals surface area (Å²) in [5.74, 6) is -1.53. The Bertz CT molecular complexity index is 1360. The summed E-state index contributed by atoms with van der Waals surface area (Å²) in [5.41, 5.74) is 4.97. The van der Waals surface area contributed by atoms with Crippen molar-refractivity contribution in [2.24, 2.45) is 0 Å². The molecule has 0 bridgehead atoms. The van der Waals surface area contributed by atoms with Crippen molar-refractivity contribution in [1.82, 2.24) is 9.88 Å². The number of aromatic nitrogens is 1. The van der Waals surface area contributed by atoms with E-state index in [1.807, 2.05) is 25.3 Å². The van der Waals surface area contributed by atoms with E-state index in [0.29, 0.717) is 16.8 Å². The summed E-state index contributed by atoms with van der Waals surface area (Å²) in [5, 5.41) is 4.01. The number of carbonyl (C=O) groups excluding carboxylic acids is 1. The van der Waals surface area contributed by atoms with E-state index in [1.165, 1.54) is 30.5 Å². The Morgan fingerprint density at radius 2 is 1.76 bits per heavy atom. The maximum Gasteiger partial charge on any atom is 0.255 e. The second-order valence-corrected chi connectivity index (χ2v) is 8.79. The number of anilines is 1. The lowest BCUT2D eigenvalue weighted by atomic mass is 10.0.